The van der Waals surface area contributed by atoms with Gasteiger partial charge < -0.3 is 15.4 Å². The number of carbonyl (C=O) groups excluding carboxylic acids is 2. The van der Waals surface area contributed by atoms with Gasteiger partial charge in [-0.15, -0.1) is 0 Å². The van der Waals surface area contributed by atoms with Crippen LogP contribution in [0, 0.1) is 17.1 Å². The predicted octanol–water partition coefficient (Wildman–Crippen LogP) is 2.79. The number of anilines is 1. The number of para-hydroxylation sites is 1. The van der Waals surface area contributed by atoms with E-state index in [0.29, 0.717) is 13.0 Å². The van der Waals surface area contributed by atoms with Gasteiger partial charge in [-0.05, 0) is 36.2 Å². The molecule has 0 bridgehead atoms. The number of rotatable bonds is 7. The molecule has 0 spiro atoms. The highest BCUT2D eigenvalue weighted by molar-refractivity contribution is 6.09. The van der Waals surface area contributed by atoms with E-state index < -0.39 is 11.9 Å². The van der Waals surface area contributed by atoms with Crippen LogP contribution in [0.5, 0.6) is 0 Å². The van der Waals surface area contributed by atoms with Gasteiger partial charge in [-0.3, -0.25) is 4.79 Å². The summed E-state index contributed by atoms with van der Waals surface area (Å²) in [6, 6.07) is 14.2. The summed E-state index contributed by atoms with van der Waals surface area (Å²) in [6.45, 7) is 0.461. The molecule has 0 heterocycles. The number of hydrogen-bond donors (Lipinski definition) is 2. The van der Waals surface area contributed by atoms with Crippen molar-refractivity contribution in [2.45, 2.75) is 6.42 Å². The number of ether oxygens (including phenoxy) is 1. The van der Waals surface area contributed by atoms with Crippen molar-refractivity contribution in [2.24, 2.45) is 0 Å². The number of methoxy groups -OCH3 is 1. The maximum absolute atomic E-state index is 12.9. The van der Waals surface area contributed by atoms with Crippen molar-refractivity contribution in [3.05, 3.63) is 77.2 Å². The van der Waals surface area contributed by atoms with Crippen LogP contribution in [-0.2, 0) is 16.0 Å². The molecule has 0 aliphatic rings. The monoisotopic (exact) mass is 367 g/mol. The van der Waals surface area contributed by atoms with Crippen molar-refractivity contribution in [1.82, 2.24) is 5.32 Å². The van der Waals surface area contributed by atoms with Gasteiger partial charge in [0.05, 0.1) is 18.4 Å². The Morgan fingerprint density at radius 2 is 1.89 bits per heavy atom. The van der Waals surface area contributed by atoms with E-state index in [1.54, 1.807) is 30.3 Å². The summed E-state index contributed by atoms with van der Waals surface area (Å²) in [5.41, 5.74) is 1.22. The normalized spacial score (nSPS) is 10.6. The molecule has 2 rings (SSSR count). The Morgan fingerprint density at radius 1 is 1.19 bits per heavy atom. The fourth-order valence-electron chi connectivity index (χ4n) is 2.26. The molecule has 0 fully saturated rings. The molecule has 27 heavy (non-hydrogen) atoms. The molecule has 2 N–H and O–H groups in total. The maximum Gasteiger partial charge on any atom is 0.339 e. The largest absolute Gasteiger partial charge is 0.465 e. The summed E-state index contributed by atoms with van der Waals surface area (Å²) >= 11 is 0. The maximum atomic E-state index is 12.9. The molecule has 1 amide bonds. The van der Waals surface area contributed by atoms with E-state index >= 15 is 0 Å². The SMILES string of the molecule is COC(=O)c1ccccc1NC(=O)/C(C#N)=C\NCCc1ccc(F)cc1. The molecule has 0 radical (unpaired) electrons. The molecular weight excluding hydrogens is 349 g/mol. The topological polar surface area (TPSA) is 91.2 Å². The van der Waals surface area contributed by atoms with Crippen LogP contribution in [-0.4, -0.2) is 25.5 Å². The molecule has 2 aromatic carbocycles. The lowest BCUT2D eigenvalue weighted by Gasteiger charge is -2.09. The van der Waals surface area contributed by atoms with Gasteiger partial charge in [0.2, 0.25) is 0 Å². The van der Waals surface area contributed by atoms with Gasteiger partial charge >= 0.3 is 5.97 Å². The molecule has 7 heteroatoms. The van der Waals surface area contributed by atoms with Gasteiger partial charge in [-0.25, -0.2) is 9.18 Å². The van der Waals surface area contributed by atoms with Gasteiger partial charge in [-0.2, -0.15) is 5.26 Å². The highest BCUT2D eigenvalue weighted by Gasteiger charge is 2.15. The zero-order valence-electron chi connectivity index (χ0n) is 14.7. The fraction of sp³-hybridized carbons (Fsp3) is 0.150. The molecule has 0 saturated carbocycles. The number of amides is 1. The molecule has 2 aromatic rings. The number of halogens is 1. The molecule has 0 saturated heterocycles. The first-order valence-corrected chi connectivity index (χ1v) is 8.12. The van der Waals surface area contributed by atoms with Gasteiger partial charge in [0.15, 0.2) is 0 Å². The highest BCUT2D eigenvalue weighted by atomic mass is 19.1. The number of benzene rings is 2. The molecule has 0 aliphatic carbocycles. The van der Waals surface area contributed by atoms with E-state index in [9.17, 15) is 19.2 Å². The lowest BCUT2D eigenvalue weighted by Crippen LogP contribution is -2.19. The lowest BCUT2D eigenvalue weighted by atomic mass is 10.1. The van der Waals surface area contributed by atoms with E-state index in [0.717, 1.165) is 5.56 Å². The van der Waals surface area contributed by atoms with E-state index in [-0.39, 0.29) is 22.6 Å². The predicted molar refractivity (Wildman–Crippen MR) is 98.2 cm³/mol. The quantitative estimate of drug-likeness (QED) is 0.340. The first-order chi connectivity index (χ1) is 13.0. The van der Waals surface area contributed by atoms with Crippen LogP contribution in [0.15, 0.2) is 60.3 Å². The summed E-state index contributed by atoms with van der Waals surface area (Å²) < 4.78 is 17.5. The number of esters is 1. The Balaban J connectivity index is 1.97. The Hall–Kier alpha value is -3.66. The van der Waals surface area contributed by atoms with Crippen molar-refractivity contribution in [3.63, 3.8) is 0 Å². The minimum absolute atomic E-state index is 0.145. The molecular formula is C20H18FN3O3. The van der Waals surface area contributed by atoms with Crippen molar-refractivity contribution >= 4 is 17.6 Å². The second-order valence-electron chi connectivity index (χ2n) is 5.49. The van der Waals surface area contributed by atoms with Crippen LogP contribution in [0.25, 0.3) is 0 Å². The van der Waals surface area contributed by atoms with Crippen LogP contribution in [0.1, 0.15) is 15.9 Å². The summed E-state index contributed by atoms with van der Waals surface area (Å²) in [6.07, 6.45) is 1.90. The van der Waals surface area contributed by atoms with Crippen molar-refractivity contribution < 1.29 is 18.7 Å². The van der Waals surface area contributed by atoms with Crippen molar-refractivity contribution in [2.75, 3.05) is 19.0 Å². The lowest BCUT2D eigenvalue weighted by molar-refractivity contribution is -0.112. The first kappa shape index (κ1) is 19.7. The number of nitrogens with zero attached hydrogens (tertiary/aromatic N) is 1. The third kappa shape index (κ3) is 5.68. The van der Waals surface area contributed by atoms with E-state index in [4.69, 9.17) is 0 Å². The van der Waals surface area contributed by atoms with E-state index in [2.05, 4.69) is 15.4 Å². The van der Waals surface area contributed by atoms with Crippen molar-refractivity contribution in [3.8, 4) is 6.07 Å². The second-order valence-corrected chi connectivity index (χ2v) is 5.49. The average molecular weight is 367 g/mol. The molecule has 6 nitrogen and oxygen atoms in total. The fourth-order valence-corrected chi connectivity index (χ4v) is 2.26. The van der Waals surface area contributed by atoms with Crippen LogP contribution < -0.4 is 10.6 Å². The number of nitrogens with one attached hydrogen (secondary N) is 2. The Bertz CT molecular complexity index is 886. The Morgan fingerprint density at radius 3 is 2.56 bits per heavy atom. The zero-order chi connectivity index (χ0) is 19.6. The molecule has 0 aromatic heterocycles. The summed E-state index contributed by atoms with van der Waals surface area (Å²) in [5, 5.41) is 14.6. The van der Waals surface area contributed by atoms with Gasteiger partial charge in [0, 0.05) is 12.7 Å². The summed E-state index contributed by atoms with van der Waals surface area (Å²) in [4.78, 5) is 24.0. The van der Waals surface area contributed by atoms with Gasteiger partial charge in [0.25, 0.3) is 5.91 Å². The van der Waals surface area contributed by atoms with E-state index in [1.165, 1.54) is 31.5 Å². The van der Waals surface area contributed by atoms with Gasteiger partial charge in [0.1, 0.15) is 17.5 Å². The average Bonchev–Trinajstić information content (AvgIpc) is 2.69. The second kappa shape index (κ2) is 9.73. The Kier molecular flexibility index (Phi) is 7.08. The minimum atomic E-state index is -0.650. The standard InChI is InChI=1S/C20H18FN3O3/c1-27-20(26)17-4-2-3-5-18(17)24-19(25)15(12-22)13-23-11-10-14-6-8-16(21)9-7-14/h2-9,13,23H,10-11H2,1H3,(H,24,25)/b15-13-. The van der Waals surface area contributed by atoms with Crippen LogP contribution in [0.3, 0.4) is 0 Å². The Labute approximate surface area is 156 Å². The molecule has 0 unspecified atom stereocenters. The molecule has 0 aliphatic heterocycles. The summed E-state index contributed by atoms with van der Waals surface area (Å²) in [7, 11) is 1.24. The number of hydrogen-bond acceptors (Lipinski definition) is 5. The van der Waals surface area contributed by atoms with Crippen LogP contribution in [0.4, 0.5) is 10.1 Å². The van der Waals surface area contributed by atoms with Crippen LogP contribution in [0.2, 0.25) is 0 Å². The highest BCUT2D eigenvalue weighted by Crippen LogP contribution is 2.16. The smallest absolute Gasteiger partial charge is 0.339 e. The van der Waals surface area contributed by atoms with E-state index in [1.807, 2.05) is 6.07 Å². The number of carbonyl (C=O) groups is 2. The minimum Gasteiger partial charge on any atom is -0.465 e. The third-order valence-electron chi connectivity index (χ3n) is 3.66. The number of nitriles is 1. The van der Waals surface area contributed by atoms with Gasteiger partial charge in [-0.1, -0.05) is 24.3 Å². The molecule has 138 valence electrons. The van der Waals surface area contributed by atoms with Crippen LogP contribution >= 0.6 is 0 Å². The zero-order valence-corrected chi connectivity index (χ0v) is 14.7. The van der Waals surface area contributed by atoms with Crippen molar-refractivity contribution in [1.29, 1.82) is 5.26 Å². The summed E-state index contributed by atoms with van der Waals surface area (Å²) in [5.74, 6) is -1.55. The first-order valence-electron chi connectivity index (χ1n) is 8.12. The molecule has 0 atom stereocenters. The third-order valence-corrected chi connectivity index (χ3v) is 3.66.